The molecule has 1 aromatic heterocycles. The number of hydrogen-bond donors (Lipinski definition) is 0. The number of fused-ring (bicyclic) bond motifs is 1. The molecule has 1 heterocycles. The summed E-state index contributed by atoms with van der Waals surface area (Å²) in [5, 5.41) is 0.926. The van der Waals surface area contributed by atoms with E-state index in [1.165, 1.54) is 7.11 Å². The Labute approximate surface area is 125 Å². The van der Waals surface area contributed by atoms with Crippen molar-refractivity contribution in [2.45, 2.75) is 33.1 Å². The molecule has 0 fully saturated rings. The van der Waals surface area contributed by atoms with Crippen molar-refractivity contribution in [3.8, 4) is 5.75 Å². The van der Waals surface area contributed by atoms with Crippen molar-refractivity contribution in [2.24, 2.45) is 0 Å². The number of carbonyl (C=O) groups is 1. The summed E-state index contributed by atoms with van der Waals surface area (Å²) in [6.07, 6.45) is 2.79. The van der Waals surface area contributed by atoms with Crippen LogP contribution in [0.1, 0.15) is 41.4 Å². The zero-order valence-electron chi connectivity index (χ0n) is 13.0. The van der Waals surface area contributed by atoms with Crippen molar-refractivity contribution in [2.75, 3.05) is 14.2 Å². The van der Waals surface area contributed by atoms with Gasteiger partial charge in [-0.05, 0) is 31.4 Å². The lowest BCUT2D eigenvalue weighted by Gasteiger charge is -2.14. The van der Waals surface area contributed by atoms with Crippen molar-refractivity contribution < 1.29 is 14.3 Å². The van der Waals surface area contributed by atoms with Gasteiger partial charge >= 0.3 is 5.97 Å². The molecule has 112 valence electrons. The number of nitrogens with zero attached hydrogens (tertiary/aromatic N) is 1. The average Bonchev–Trinajstić information content (AvgIpc) is 2.51. The van der Waals surface area contributed by atoms with Gasteiger partial charge in [0.05, 0.1) is 25.5 Å². The van der Waals surface area contributed by atoms with Gasteiger partial charge in [-0.25, -0.2) is 9.78 Å². The number of pyridine rings is 1. The first-order valence-corrected chi connectivity index (χ1v) is 7.18. The van der Waals surface area contributed by atoms with Gasteiger partial charge in [0, 0.05) is 5.39 Å². The number of carbonyl (C=O) groups excluding carboxylic acids is 1. The minimum atomic E-state index is -0.323. The van der Waals surface area contributed by atoms with E-state index >= 15 is 0 Å². The second-order valence-electron chi connectivity index (χ2n) is 5.01. The monoisotopic (exact) mass is 287 g/mol. The molecular weight excluding hydrogens is 266 g/mol. The van der Waals surface area contributed by atoms with Crippen LogP contribution in [0.2, 0.25) is 0 Å². The molecule has 0 aliphatic carbocycles. The van der Waals surface area contributed by atoms with Gasteiger partial charge < -0.3 is 9.47 Å². The molecule has 4 heteroatoms. The van der Waals surface area contributed by atoms with Crippen molar-refractivity contribution >= 4 is 16.9 Å². The van der Waals surface area contributed by atoms with Gasteiger partial charge in [0.25, 0.3) is 0 Å². The number of aromatic nitrogens is 1. The maximum atomic E-state index is 12.1. The minimum absolute atomic E-state index is 0.323. The highest BCUT2D eigenvalue weighted by Crippen LogP contribution is 2.30. The van der Waals surface area contributed by atoms with E-state index in [2.05, 4.69) is 11.9 Å². The highest BCUT2D eigenvalue weighted by molar-refractivity contribution is 5.99. The summed E-state index contributed by atoms with van der Waals surface area (Å²) in [5.74, 6) is 0.403. The Hall–Kier alpha value is -2.10. The van der Waals surface area contributed by atoms with Crippen LogP contribution in [-0.2, 0) is 11.2 Å². The largest absolute Gasteiger partial charge is 0.494 e. The summed E-state index contributed by atoms with van der Waals surface area (Å²) in [4.78, 5) is 16.8. The molecule has 0 aliphatic rings. The molecular formula is C17H21NO3. The maximum Gasteiger partial charge on any atom is 0.340 e. The van der Waals surface area contributed by atoms with Crippen LogP contribution in [0, 0.1) is 6.92 Å². The minimum Gasteiger partial charge on any atom is -0.494 e. The summed E-state index contributed by atoms with van der Waals surface area (Å²) >= 11 is 0. The highest BCUT2D eigenvalue weighted by atomic mass is 16.5. The van der Waals surface area contributed by atoms with Gasteiger partial charge in [-0.3, -0.25) is 0 Å². The third kappa shape index (κ3) is 2.84. The second kappa shape index (κ2) is 6.57. The average molecular weight is 287 g/mol. The fraction of sp³-hybridized carbons (Fsp3) is 0.412. The Balaban J connectivity index is 2.74. The van der Waals surface area contributed by atoms with Gasteiger partial charge in [-0.15, -0.1) is 0 Å². The normalized spacial score (nSPS) is 10.7. The second-order valence-corrected chi connectivity index (χ2v) is 5.01. The Morgan fingerprint density at radius 1 is 1.29 bits per heavy atom. The van der Waals surface area contributed by atoms with Gasteiger partial charge in [0.15, 0.2) is 0 Å². The predicted octanol–water partition coefficient (Wildman–Crippen LogP) is 3.68. The van der Waals surface area contributed by atoms with Crippen LogP contribution in [0.5, 0.6) is 5.75 Å². The molecule has 2 rings (SSSR count). The fourth-order valence-electron chi connectivity index (χ4n) is 2.55. The first-order chi connectivity index (χ1) is 10.1. The number of rotatable bonds is 5. The molecule has 21 heavy (non-hydrogen) atoms. The summed E-state index contributed by atoms with van der Waals surface area (Å²) in [6.45, 7) is 4.05. The van der Waals surface area contributed by atoms with E-state index in [1.807, 2.05) is 25.1 Å². The number of ether oxygens (including phenoxy) is 2. The van der Waals surface area contributed by atoms with Gasteiger partial charge in [0.1, 0.15) is 11.3 Å². The Kier molecular flexibility index (Phi) is 4.78. The predicted molar refractivity (Wildman–Crippen MR) is 83.0 cm³/mol. The zero-order chi connectivity index (χ0) is 15.4. The number of esters is 1. The molecule has 2 aromatic rings. The first-order valence-electron chi connectivity index (χ1n) is 7.18. The maximum absolute atomic E-state index is 12.1. The third-order valence-electron chi connectivity index (χ3n) is 3.69. The zero-order valence-corrected chi connectivity index (χ0v) is 13.0. The lowest BCUT2D eigenvalue weighted by Crippen LogP contribution is -2.11. The molecule has 0 unspecified atom stereocenters. The first kappa shape index (κ1) is 15.3. The lowest BCUT2D eigenvalue weighted by atomic mass is 9.98. The van der Waals surface area contributed by atoms with Crippen molar-refractivity contribution in [3.63, 3.8) is 0 Å². The molecule has 0 saturated carbocycles. The standard InChI is InChI=1S/C17H21NO3/c1-5-6-9-13-15(17(19)21-4)11(2)12-8-7-10-14(20-3)16(12)18-13/h7-8,10H,5-6,9H2,1-4H3. The Morgan fingerprint density at radius 3 is 2.67 bits per heavy atom. The number of aryl methyl sites for hydroxylation is 2. The van der Waals surface area contributed by atoms with E-state index in [-0.39, 0.29) is 5.97 Å². The number of hydrogen-bond acceptors (Lipinski definition) is 4. The van der Waals surface area contributed by atoms with Crippen molar-refractivity contribution in [1.29, 1.82) is 0 Å². The summed E-state index contributed by atoms with van der Waals surface area (Å²) in [5.41, 5.74) is 3.08. The highest BCUT2D eigenvalue weighted by Gasteiger charge is 2.20. The molecule has 0 radical (unpaired) electrons. The van der Waals surface area contributed by atoms with E-state index < -0.39 is 0 Å². The summed E-state index contributed by atoms with van der Waals surface area (Å²) in [6, 6.07) is 5.75. The number of benzene rings is 1. The number of para-hydroxylation sites is 1. The quantitative estimate of drug-likeness (QED) is 0.787. The molecule has 0 aliphatic heterocycles. The van der Waals surface area contributed by atoms with E-state index in [9.17, 15) is 4.79 Å². The molecule has 0 N–H and O–H groups in total. The van der Waals surface area contributed by atoms with E-state index in [0.29, 0.717) is 5.56 Å². The van der Waals surface area contributed by atoms with Crippen LogP contribution in [0.3, 0.4) is 0 Å². The topological polar surface area (TPSA) is 48.4 Å². The lowest BCUT2D eigenvalue weighted by molar-refractivity contribution is 0.0598. The Bertz CT molecular complexity index is 665. The van der Waals surface area contributed by atoms with E-state index in [1.54, 1.807) is 7.11 Å². The van der Waals surface area contributed by atoms with E-state index in [4.69, 9.17) is 9.47 Å². The van der Waals surface area contributed by atoms with Crippen LogP contribution >= 0.6 is 0 Å². The fourth-order valence-corrected chi connectivity index (χ4v) is 2.55. The smallest absolute Gasteiger partial charge is 0.340 e. The molecule has 4 nitrogen and oxygen atoms in total. The number of methoxy groups -OCH3 is 2. The van der Waals surface area contributed by atoms with Crippen LogP contribution in [0.25, 0.3) is 10.9 Å². The molecule has 0 bridgehead atoms. The Morgan fingerprint density at radius 2 is 2.05 bits per heavy atom. The van der Waals surface area contributed by atoms with Crippen molar-refractivity contribution in [1.82, 2.24) is 4.98 Å². The van der Waals surface area contributed by atoms with Gasteiger partial charge in [-0.2, -0.15) is 0 Å². The molecule has 0 spiro atoms. The third-order valence-corrected chi connectivity index (χ3v) is 3.69. The van der Waals surface area contributed by atoms with Crippen LogP contribution < -0.4 is 4.74 Å². The SMILES string of the molecule is CCCCc1nc2c(OC)cccc2c(C)c1C(=O)OC. The molecule has 0 amide bonds. The van der Waals surface area contributed by atoms with Gasteiger partial charge in [0.2, 0.25) is 0 Å². The molecule has 0 atom stereocenters. The summed E-state index contributed by atoms with van der Waals surface area (Å²) < 4.78 is 10.3. The van der Waals surface area contributed by atoms with E-state index in [0.717, 1.165) is 47.2 Å². The number of unbranched alkanes of at least 4 members (excludes halogenated alkanes) is 1. The van der Waals surface area contributed by atoms with Crippen molar-refractivity contribution in [3.05, 3.63) is 35.0 Å². The molecule has 1 aromatic carbocycles. The van der Waals surface area contributed by atoms with Crippen LogP contribution in [0.15, 0.2) is 18.2 Å². The van der Waals surface area contributed by atoms with Crippen LogP contribution in [-0.4, -0.2) is 25.2 Å². The summed E-state index contributed by atoms with van der Waals surface area (Å²) in [7, 11) is 3.03. The van der Waals surface area contributed by atoms with Crippen LogP contribution in [0.4, 0.5) is 0 Å². The van der Waals surface area contributed by atoms with Gasteiger partial charge in [-0.1, -0.05) is 25.5 Å². The molecule has 0 saturated heterocycles.